The van der Waals surface area contributed by atoms with E-state index in [9.17, 15) is 4.79 Å². The van der Waals surface area contributed by atoms with E-state index in [1.807, 2.05) is 11.8 Å². The van der Waals surface area contributed by atoms with Crippen LogP contribution in [0.2, 0.25) is 0 Å². The van der Waals surface area contributed by atoms with Gasteiger partial charge in [-0.05, 0) is 42.5 Å². The Morgan fingerprint density at radius 1 is 1.32 bits per heavy atom. The van der Waals surface area contributed by atoms with Gasteiger partial charge in [-0.2, -0.15) is 0 Å². The van der Waals surface area contributed by atoms with Crippen LogP contribution in [0.4, 0.5) is 0 Å². The van der Waals surface area contributed by atoms with Gasteiger partial charge in [-0.3, -0.25) is 9.79 Å². The number of benzene rings is 1. The molecule has 0 unspecified atom stereocenters. The zero-order valence-electron chi connectivity index (χ0n) is 15.4. The summed E-state index contributed by atoms with van der Waals surface area (Å²) in [4.78, 5) is 16.7. The average molecular weight is 401 g/mol. The first kappa shape index (κ1) is 22.4. The van der Waals surface area contributed by atoms with Crippen LogP contribution in [0.25, 0.3) is 0 Å². The summed E-state index contributed by atoms with van der Waals surface area (Å²) in [7, 11) is 0. The maximum atomic E-state index is 11.2. The lowest BCUT2D eigenvalue weighted by molar-refractivity contribution is -0.141. The van der Waals surface area contributed by atoms with Gasteiger partial charge >= 0.3 is 5.97 Å². The van der Waals surface area contributed by atoms with Crippen molar-refractivity contribution < 1.29 is 9.53 Å². The fourth-order valence-electron chi connectivity index (χ4n) is 1.59. The lowest BCUT2D eigenvalue weighted by Gasteiger charge is -2.05. The van der Waals surface area contributed by atoms with Crippen molar-refractivity contribution in [2.75, 3.05) is 25.4 Å². The molecule has 0 amide bonds. The summed E-state index contributed by atoms with van der Waals surface area (Å²) in [6.07, 6.45) is 0. The number of ether oxygens (including phenoxy) is 1. The van der Waals surface area contributed by atoms with E-state index in [2.05, 4.69) is 54.8 Å². The number of carbonyl (C=O) groups excluding carboxylic acids is 1. The van der Waals surface area contributed by atoms with Crippen LogP contribution >= 0.6 is 35.5 Å². The van der Waals surface area contributed by atoms with Crippen LogP contribution < -0.4 is 4.72 Å². The standard InChI is InChI=1S/C14H18N2O2S3.C4H10/c1-2-18-13(17)9-16-21-12-5-3-11(4-6-12)10-20-14-15-7-8-19-14;1-4(2)3/h3-6,16H,2,7-10H2,1H3;4H,1-3H3. The van der Waals surface area contributed by atoms with Gasteiger partial charge in [0, 0.05) is 16.4 Å². The topological polar surface area (TPSA) is 50.7 Å². The first-order valence-electron chi connectivity index (χ1n) is 8.45. The number of carbonyl (C=O) groups is 1. The summed E-state index contributed by atoms with van der Waals surface area (Å²) in [6, 6.07) is 8.34. The molecule has 0 aromatic heterocycles. The van der Waals surface area contributed by atoms with E-state index in [4.69, 9.17) is 4.74 Å². The van der Waals surface area contributed by atoms with Crippen molar-refractivity contribution >= 4 is 45.8 Å². The summed E-state index contributed by atoms with van der Waals surface area (Å²) in [5.41, 5.74) is 1.28. The number of nitrogens with zero attached hydrogens (tertiary/aromatic N) is 1. The number of aliphatic imine (C=N–C) groups is 1. The molecule has 0 atom stereocenters. The van der Waals surface area contributed by atoms with Crippen LogP contribution in [-0.2, 0) is 15.3 Å². The van der Waals surface area contributed by atoms with Gasteiger partial charge in [-0.25, -0.2) is 4.72 Å². The molecule has 1 aliphatic heterocycles. The summed E-state index contributed by atoms with van der Waals surface area (Å²) in [5.74, 6) is 2.67. The monoisotopic (exact) mass is 400 g/mol. The van der Waals surface area contributed by atoms with E-state index in [0.29, 0.717) is 6.61 Å². The fourth-order valence-corrected chi connectivity index (χ4v) is 4.19. The molecule has 0 saturated heterocycles. The van der Waals surface area contributed by atoms with E-state index in [1.165, 1.54) is 21.9 Å². The molecule has 1 heterocycles. The Hall–Kier alpha value is -0.630. The van der Waals surface area contributed by atoms with Crippen molar-refractivity contribution in [2.45, 2.75) is 38.3 Å². The Bertz CT molecular complexity index is 531. The Morgan fingerprint density at radius 2 is 2.00 bits per heavy atom. The second kappa shape index (κ2) is 13.6. The first-order chi connectivity index (χ1) is 12.0. The third kappa shape index (κ3) is 11.6. The summed E-state index contributed by atoms with van der Waals surface area (Å²) >= 11 is 5.08. The molecule has 25 heavy (non-hydrogen) atoms. The number of esters is 1. The molecular weight excluding hydrogens is 372 g/mol. The van der Waals surface area contributed by atoms with Crippen LogP contribution in [0, 0.1) is 5.92 Å². The molecule has 0 aliphatic carbocycles. The van der Waals surface area contributed by atoms with E-state index in [-0.39, 0.29) is 12.5 Å². The smallest absolute Gasteiger partial charge is 0.320 e. The Morgan fingerprint density at radius 3 is 2.56 bits per heavy atom. The molecule has 0 spiro atoms. The number of hydrogen-bond donors (Lipinski definition) is 1. The van der Waals surface area contributed by atoms with Crippen molar-refractivity contribution in [2.24, 2.45) is 10.9 Å². The number of thioether (sulfide) groups is 2. The molecule has 4 nitrogen and oxygen atoms in total. The van der Waals surface area contributed by atoms with Crippen molar-refractivity contribution in [1.29, 1.82) is 0 Å². The Kier molecular flexibility index (Phi) is 12.2. The second-order valence-electron chi connectivity index (χ2n) is 5.89. The van der Waals surface area contributed by atoms with E-state index in [0.717, 1.165) is 28.9 Å². The van der Waals surface area contributed by atoms with Gasteiger partial charge in [0.25, 0.3) is 0 Å². The first-order valence-corrected chi connectivity index (χ1v) is 11.2. The highest BCUT2D eigenvalue weighted by Gasteiger charge is 2.07. The highest BCUT2D eigenvalue weighted by atomic mass is 32.2. The minimum Gasteiger partial charge on any atom is -0.465 e. The third-order valence-electron chi connectivity index (χ3n) is 2.56. The fraction of sp³-hybridized carbons (Fsp3) is 0.556. The SMILES string of the molecule is CC(C)C.CCOC(=O)CNSc1ccc(CSC2=NCCS2)cc1. The second-order valence-corrected chi connectivity index (χ2v) is 9.16. The zero-order chi connectivity index (χ0) is 18.5. The van der Waals surface area contributed by atoms with Gasteiger partial charge in [0.05, 0.1) is 13.2 Å². The minimum atomic E-state index is -0.229. The van der Waals surface area contributed by atoms with Gasteiger partial charge in [-0.15, -0.1) is 0 Å². The molecule has 7 heteroatoms. The van der Waals surface area contributed by atoms with Gasteiger partial charge < -0.3 is 4.74 Å². The summed E-state index contributed by atoms with van der Waals surface area (Å²) < 4.78 is 9.04. The molecule has 0 fully saturated rings. The molecular formula is C18H28N2O2S3. The lowest BCUT2D eigenvalue weighted by atomic mass is 10.2. The normalized spacial score (nSPS) is 13.2. The number of nitrogens with one attached hydrogen (secondary N) is 1. The average Bonchev–Trinajstić information content (AvgIpc) is 3.07. The summed E-state index contributed by atoms with van der Waals surface area (Å²) in [6.45, 7) is 9.89. The molecule has 140 valence electrons. The number of rotatable bonds is 7. The van der Waals surface area contributed by atoms with Crippen molar-refractivity contribution in [3.63, 3.8) is 0 Å². The molecule has 1 aliphatic rings. The molecule has 1 aromatic carbocycles. The molecule has 1 N–H and O–H groups in total. The largest absolute Gasteiger partial charge is 0.465 e. The predicted octanol–water partition coefficient (Wildman–Crippen LogP) is 4.84. The Balaban J connectivity index is 0.000000705. The van der Waals surface area contributed by atoms with Gasteiger partial charge in [0.15, 0.2) is 0 Å². The van der Waals surface area contributed by atoms with Gasteiger partial charge in [0.1, 0.15) is 10.9 Å². The van der Waals surface area contributed by atoms with Crippen LogP contribution in [-0.4, -0.2) is 35.8 Å². The van der Waals surface area contributed by atoms with Gasteiger partial charge in [0.2, 0.25) is 0 Å². The molecule has 1 aromatic rings. The quantitative estimate of drug-likeness (QED) is 0.522. The van der Waals surface area contributed by atoms with Crippen LogP contribution in [0.15, 0.2) is 34.2 Å². The summed E-state index contributed by atoms with van der Waals surface area (Å²) in [5, 5.41) is 0. The van der Waals surface area contributed by atoms with Crippen LogP contribution in [0.1, 0.15) is 33.3 Å². The van der Waals surface area contributed by atoms with Crippen molar-refractivity contribution in [3.8, 4) is 0 Å². The highest BCUT2D eigenvalue weighted by Crippen LogP contribution is 2.26. The van der Waals surface area contributed by atoms with E-state index >= 15 is 0 Å². The van der Waals surface area contributed by atoms with E-state index < -0.39 is 0 Å². The van der Waals surface area contributed by atoms with Crippen LogP contribution in [0.3, 0.4) is 0 Å². The predicted molar refractivity (Wildman–Crippen MR) is 114 cm³/mol. The zero-order valence-corrected chi connectivity index (χ0v) is 17.9. The molecule has 2 rings (SSSR count). The van der Waals surface area contributed by atoms with E-state index in [1.54, 1.807) is 18.7 Å². The van der Waals surface area contributed by atoms with Crippen LogP contribution in [0.5, 0.6) is 0 Å². The lowest BCUT2D eigenvalue weighted by Crippen LogP contribution is -2.19. The maximum absolute atomic E-state index is 11.2. The molecule has 0 bridgehead atoms. The maximum Gasteiger partial charge on any atom is 0.320 e. The van der Waals surface area contributed by atoms with Gasteiger partial charge in [-0.1, -0.05) is 56.4 Å². The molecule has 0 saturated carbocycles. The van der Waals surface area contributed by atoms with Crippen molar-refractivity contribution in [3.05, 3.63) is 29.8 Å². The molecule has 0 radical (unpaired) electrons. The minimum absolute atomic E-state index is 0.215. The Labute approximate surface area is 164 Å². The number of hydrogen-bond acceptors (Lipinski definition) is 7. The third-order valence-corrected chi connectivity index (χ3v) is 5.68. The highest BCUT2D eigenvalue weighted by molar-refractivity contribution is 8.38. The van der Waals surface area contributed by atoms with Crippen molar-refractivity contribution in [1.82, 2.24) is 4.72 Å².